The monoisotopic (exact) mass is 336 g/mol. The fourth-order valence-electron chi connectivity index (χ4n) is 2.02. The first-order valence-corrected chi connectivity index (χ1v) is 7.87. The van der Waals surface area contributed by atoms with Crippen LogP contribution in [0.25, 0.3) is 11.5 Å². The van der Waals surface area contributed by atoms with Crippen molar-refractivity contribution in [2.45, 2.75) is 31.4 Å². The van der Waals surface area contributed by atoms with Crippen LogP contribution in [0.1, 0.15) is 23.5 Å². The molecular formula is C15H14F2N4OS. The Morgan fingerprint density at radius 1 is 1.22 bits per heavy atom. The molecule has 0 spiro atoms. The van der Waals surface area contributed by atoms with Gasteiger partial charge in [0.15, 0.2) is 0 Å². The van der Waals surface area contributed by atoms with E-state index in [-0.39, 0.29) is 11.6 Å². The van der Waals surface area contributed by atoms with E-state index in [9.17, 15) is 8.78 Å². The number of thioether (sulfide) groups is 1. The van der Waals surface area contributed by atoms with Gasteiger partial charge in [-0.15, -0.1) is 10.2 Å². The van der Waals surface area contributed by atoms with Crippen molar-refractivity contribution in [3.8, 4) is 11.5 Å². The topological polar surface area (TPSA) is 56.7 Å². The second kappa shape index (κ2) is 6.49. The van der Waals surface area contributed by atoms with E-state index < -0.39 is 6.55 Å². The molecule has 0 aliphatic carbocycles. The highest BCUT2D eigenvalue weighted by atomic mass is 32.2. The molecule has 2 heterocycles. The molecule has 0 aliphatic rings. The molecule has 23 heavy (non-hydrogen) atoms. The van der Waals surface area contributed by atoms with Gasteiger partial charge in [0, 0.05) is 18.0 Å². The van der Waals surface area contributed by atoms with Crippen LogP contribution in [-0.2, 0) is 5.75 Å². The van der Waals surface area contributed by atoms with E-state index in [1.807, 2.05) is 32.0 Å². The maximum Gasteiger partial charge on any atom is 0.319 e. The Balaban J connectivity index is 1.72. The molecule has 1 aromatic carbocycles. The predicted octanol–water partition coefficient (Wildman–Crippen LogP) is 4.24. The lowest BCUT2D eigenvalue weighted by atomic mass is 10.1. The molecule has 0 bridgehead atoms. The number of hydrogen-bond acceptors (Lipinski definition) is 5. The zero-order valence-electron chi connectivity index (χ0n) is 12.5. The van der Waals surface area contributed by atoms with E-state index in [1.54, 1.807) is 0 Å². The van der Waals surface area contributed by atoms with Gasteiger partial charge in [-0.3, -0.25) is 4.57 Å². The van der Waals surface area contributed by atoms with Gasteiger partial charge in [0.05, 0.1) is 5.75 Å². The highest BCUT2D eigenvalue weighted by molar-refractivity contribution is 7.98. The Morgan fingerprint density at radius 3 is 2.78 bits per heavy atom. The number of hydrogen-bond donors (Lipinski definition) is 0. The van der Waals surface area contributed by atoms with Gasteiger partial charge in [0.2, 0.25) is 5.89 Å². The van der Waals surface area contributed by atoms with E-state index in [4.69, 9.17) is 4.42 Å². The number of nitrogens with zero attached hydrogens (tertiary/aromatic N) is 4. The van der Waals surface area contributed by atoms with Crippen LogP contribution in [0.3, 0.4) is 0 Å². The van der Waals surface area contributed by atoms with Crippen molar-refractivity contribution >= 4 is 11.8 Å². The van der Waals surface area contributed by atoms with Gasteiger partial charge in [-0.1, -0.05) is 17.8 Å². The lowest BCUT2D eigenvalue weighted by Gasteiger charge is -2.04. The molecule has 0 fully saturated rings. The van der Waals surface area contributed by atoms with Crippen molar-refractivity contribution in [2.24, 2.45) is 0 Å². The minimum absolute atomic E-state index is 0.228. The van der Waals surface area contributed by atoms with Gasteiger partial charge in [0.1, 0.15) is 5.82 Å². The molecule has 0 saturated carbocycles. The Kier molecular flexibility index (Phi) is 4.42. The van der Waals surface area contributed by atoms with Gasteiger partial charge in [-0.05, 0) is 37.1 Å². The normalized spacial score (nSPS) is 11.3. The zero-order valence-corrected chi connectivity index (χ0v) is 13.3. The second-order valence-electron chi connectivity index (χ2n) is 4.99. The van der Waals surface area contributed by atoms with Crippen LogP contribution in [0.4, 0.5) is 8.78 Å². The molecule has 120 valence electrons. The van der Waals surface area contributed by atoms with E-state index in [2.05, 4.69) is 15.2 Å². The van der Waals surface area contributed by atoms with Crippen LogP contribution in [0.5, 0.6) is 0 Å². The number of rotatable bonds is 5. The highest BCUT2D eigenvalue weighted by Crippen LogP contribution is 2.27. The summed E-state index contributed by atoms with van der Waals surface area (Å²) in [4.78, 5) is 3.91. The quantitative estimate of drug-likeness (QED) is 0.652. The first-order valence-electron chi connectivity index (χ1n) is 6.88. The Hall–Kier alpha value is -2.22. The predicted molar refractivity (Wildman–Crippen MR) is 82.2 cm³/mol. The average Bonchev–Trinajstić information content (AvgIpc) is 3.16. The molecule has 0 unspecified atom stereocenters. The summed E-state index contributed by atoms with van der Waals surface area (Å²) in [5.74, 6) is 0.898. The Morgan fingerprint density at radius 2 is 2.04 bits per heavy atom. The summed E-state index contributed by atoms with van der Waals surface area (Å²) < 4.78 is 31.9. The minimum Gasteiger partial charge on any atom is -0.411 e. The number of aryl methyl sites for hydroxylation is 2. The molecule has 5 nitrogen and oxygen atoms in total. The largest absolute Gasteiger partial charge is 0.411 e. The Labute approximate surface area is 135 Å². The number of benzene rings is 1. The average molecular weight is 336 g/mol. The smallest absolute Gasteiger partial charge is 0.319 e. The molecule has 0 amide bonds. The molecule has 0 N–H and O–H groups in total. The van der Waals surface area contributed by atoms with Crippen molar-refractivity contribution in [3.05, 3.63) is 47.5 Å². The van der Waals surface area contributed by atoms with Crippen LogP contribution >= 0.6 is 11.8 Å². The summed E-state index contributed by atoms with van der Waals surface area (Å²) in [6.07, 6.45) is 2.59. The Bertz CT molecular complexity index is 815. The summed E-state index contributed by atoms with van der Waals surface area (Å²) in [5.41, 5.74) is 3.15. The van der Waals surface area contributed by atoms with Crippen molar-refractivity contribution in [1.29, 1.82) is 0 Å². The van der Waals surface area contributed by atoms with E-state index in [1.165, 1.54) is 29.7 Å². The molecule has 3 rings (SSSR count). The van der Waals surface area contributed by atoms with Crippen molar-refractivity contribution < 1.29 is 13.2 Å². The van der Waals surface area contributed by atoms with Gasteiger partial charge < -0.3 is 4.42 Å². The summed E-state index contributed by atoms with van der Waals surface area (Å²) in [6, 6.07) is 5.87. The SMILES string of the molecule is Cc1ccc(-c2nnc(SCc3nccn3C(F)F)o2)cc1C. The zero-order chi connectivity index (χ0) is 16.4. The lowest BCUT2D eigenvalue weighted by Crippen LogP contribution is -2.01. The minimum atomic E-state index is -2.61. The van der Waals surface area contributed by atoms with Crippen LogP contribution < -0.4 is 0 Å². The van der Waals surface area contributed by atoms with Crippen molar-refractivity contribution in [2.75, 3.05) is 0 Å². The molecular weight excluding hydrogens is 322 g/mol. The fourth-order valence-corrected chi connectivity index (χ4v) is 2.73. The molecule has 2 aromatic heterocycles. The fraction of sp³-hybridized carbons (Fsp3) is 0.267. The molecule has 8 heteroatoms. The molecule has 0 radical (unpaired) electrons. The van der Waals surface area contributed by atoms with E-state index >= 15 is 0 Å². The van der Waals surface area contributed by atoms with Crippen molar-refractivity contribution in [1.82, 2.24) is 19.7 Å². The standard InChI is InChI=1S/C15H14F2N4OS/c1-9-3-4-11(7-10(9)2)13-19-20-15(22-13)23-8-12-18-5-6-21(12)14(16)17/h3-7,14H,8H2,1-2H3. The van der Waals surface area contributed by atoms with Crippen molar-refractivity contribution in [3.63, 3.8) is 0 Å². The highest BCUT2D eigenvalue weighted by Gasteiger charge is 2.14. The summed E-state index contributed by atoms with van der Waals surface area (Å²) >= 11 is 1.18. The summed E-state index contributed by atoms with van der Waals surface area (Å²) in [7, 11) is 0. The molecule has 0 atom stereocenters. The first kappa shape index (κ1) is 15.7. The number of imidazole rings is 1. The third kappa shape index (κ3) is 3.42. The molecule has 0 aliphatic heterocycles. The number of aromatic nitrogens is 4. The maximum atomic E-state index is 12.7. The second-order valence-corrected chi connectivity index (χ2v) is 5.92. The first-order chi connectivity index (χ1) is 11.0. The van der Waals surface area contributed by atoms with E-state index in [0.29, 0.717) is 11.1 Å². The third-order valence-corrected chi connectivity index (χ3v) is 4.26. The third-order valence-electron chi connectivity index (χ3n) is 3.44. The van der Waals surface area contributed by atoms with Crippen LogP contribution in [0.15, 0.2) is 40.2 Å². The number of halogens is 2. The van der Waals surface area contributed by atoms with Crippen LogP contribution in [0, 0.1) is 13.8 Å². The van der Waals surface area contributed by atoms with Gasteiger partial charge >= 0.3 is 6.55 Å². The van der Waals surface area contributed by atoms with Crippen LogP contribution in [0.2, 0.25) is 0 Å². The van der Waals surface area contributed by atoms with Gasteiger partial charge in [0.25, 0.3) is 5.22 Å². The van der Waals surface area contributed by atoms with Gasteiger partial charge in [-0.25, -0.2) is 4.98 Å². The van der Waals surface area contributed by atoms with E-state index in [0.717, 1.165) is 15.7 Å². The maximum absolute atomic E-state index is 12.7. The molecule has 0 saturated heterocycles. The van der Waals surface area contributed by atoms with Gasteiger partial charge in [-0.2, -0.15) is 8.78 Å². The summed E-state index contributed by atoms with van der Waals surface area (Å²) in [6.45, 7) is 1.43. The van der Waals surface area contributed by atoms with Crippen LogP contribution in [-0.4, -0.2) is 19.7 Å². The molecule has 3 aromatic rings. The lowest BCUT2D eigenvalue weighted by molar-refractivity contribution is 0.0678. The number of alkyl halides is 2. The summed E-state index contributed by atoms with van der Waals surface area (Å²) in [5, 5.41) is 8.26.